The van der Waals surface area contributed by atoms with Crippen molar-refractivity contribution in [2.24, 2.45) is 5.92 Å². The quantitative estimate of drug-likeness (QED) is 0.841. The van der Waals surface area contributed by atoms with E-state index >= 15 is 0 Å². The van der Waals surface area contributed by atoms with Gasteiger partial charge in [0.1, 0.15) is 0 Å². The molecule has 0 atom stereocenters. The van der Waals surface area contributed by atoms with Gasteiger partial charge in [0.05, 0.1) is 0 Å². The molecule has 1 N–H and O–H groups in total. The lowest BCUT2D eigenvalue weighted by atomic mass is 10.1. The van der Waals surface area contributed by atoms with Crippen molar-refractivity contribution in [2.75, 3.05) is 31.1 Å². The zero-order valence-electron chi connectivity index (χ0n) is 15.7. The van der Waals surface area contributed by atoms with E-state index in [2.05, 4.69) is 10.2 Å². The Morgan fingerprint density at radius 1 is 0.929 bits per heavy atom. The third-order valence-corrected chi connectivity index (χ3v) is 5.63. The Morgan fingerprint density at radius 2 is 1.57 bits per heavy atom. The lowest BCUT2D eigenvalue weighted by molar-refractivity contribution is -0.132. The second-order valence-corrected chi connectivity index (χ2v) is 7.88. The molecule has 2 aliphatic rings. The Kier molecular flexibility index (Phi) is 5.53. The van der Waals surface area contributed by atoms with Crippen molar-refractivity contribution in [1.29, 1.82) is 0 Å². The molecule has 0 bridgehead atoms. The Balaban J connectivity index is 1.29. The van der Waals surface area contributed by atoms with E-state index in [1.807, 2.05) is 53.4 Å². The number of halogens is 1. The van der Waals surface area contributed by atoms with Gasteiger partial charge in [0.2, 0.25) is 5.91 Å². The zero-order valence-corrected chi connectivity index (χ0v) is 16.5. The smallest absolute Gasteiger partial charge is 0.251 e. The molecule has 6 heteroatoms. The third kappa shape index (κ3) is 4.47. The first-order valence-corrected chi connectivity index (χ1v) is 10.1. The van der Waals surface area contributed by atoms with Gasteiger partial charge >= 0.3 is 0 Å². The maximum absolute atomic E-state index is 12.4. The average Bonchev–Trinajstić information content (AvgIpc) is 3.58. The summed E-state index contributed by atoms with van der Waals surface area (Å²) in [5.74, 6) is 0.519. The van der Waals surface area contributed by atoms with Crippen molar-refractivity contribution in [3.05, 3.63) is 64.7 Å². The number of carbonyl (C=O) groups is 2. The van der Waals surface area contributed by atoms with Crippen molar-refractivity contribution in [3.8, 4) is 0 Å². The third-order valence-electron chi connectivity index (χ3n) is 5.38. The highest BCUT2D eigenvalue weighted by atomic mass is 35.5. The molecule has 1 aliphatic carbocycles. The molecule has 2 aromatic rings. The summed E-state index contributed by atoms with van der Waals surface area (Å²) in [6.07, 6.45) is 2.11. The maximum atomic E-state index is 12.4. The van der Waals surface area contributed by atoms with Gasteiger partial charge in [-0.2, -0.15) is 0 Å². The molecule has 28 heavy (non-hydrogen) atoms. The molecule has 146 valence electrons. The minimum atomic E-state index is -0.0960. The molecule has 0 aromatic heterocycles. The van der Waals surface area contributed by atoms with Crippen molar-refractivity contribution in [3.63, 3.8) is 0 Å². The van der Waals surface area contributed by atoms with Crippen LogP contribution in [0.2, 0.25) is 5.02 Å². The molecule has 4 rings (SSSR count). The number of rotatable bonds is 5. The van der Waals surface area contributed by atoms with Gasteiger partial charge in [-0.1, -0.05) is 23.7 Å². The lowest BCUT2D eigenvalue weighted by Crippen LogP contribution is -2.49. The van der Waals surface area contributed by atoms with Crippen LogP contribution in [0.25, 0.3) is 0 Å². The first-order valence-electron chi connectivity index (χ1n) is 9.76. The van der Waals surface area contributed by atoms with Crippen LogP contribution in [0.5, 0.6) is 0 Å². The molecular weight excluding hydrogens is 374 g/mol. The van der Waals surface area contributed by atoms with Crippen LogP contribution in [0.3, 0.4) is 0 Å². The Bertz CT molecular complexity index is 839. The van der Waals surface area contributed by atoms with Crippen LogP contribution in [0.4, 0.5) is 5.69 Å². The summed E-state index contributed by atoms with van der Waals surface area (Å²) >= 11 is 5.88. The summed E-state index contributed by atoms with van der Waals surface area (Å²) in [5.41, 5.74) is 2.74. The number of piperazine rings is 1. The van der Waals surface area contributed by atoms with E-state index in [0.29, 0.717) is 23.0 Å². The first-order chi connectivity index (χ1) is 13.6. The van der Waals surface area contributed by atoms with Crippen LogP contribution in [-0.4, -0.2) is 42.9 Å². The Hall–Kier alpha value is -2.53. The molecule has 1 saturated carbocycles. The van der Waals surface area contributed by atoms with Gasteiger partial charge < -0.3 is 15.1 Å². The first kappa shape index (κ1) is 18.8. The molecular formula is C22H24ClN3O2. The molecule has 2 aromatic carbocycles. The summed E-state index contributed by atoms with van der Waals surface area (Å²) < 4.78 is 0. The predicted octanol–water partition coefficient (Wildman–Crippen LogP) is 3.33. The van der Waals surface area contributed by atoms with Gasteiger partial charge in [-0.25, -0.2) is 0 Å². The van der Waals surface area contributed by atoms with Gasteiger partial charge in [0, 0.05) is 54.9 Å². The van der Waals surface area contributed by atoms with Gasteiger partial charge in [-0.15, -0.1) is 0 Å². The summed E-state index contributed by atoms with van der Waals surface area (Å²) in [4.78, 5) is 28.8. The van der Waals surface area contributed by atoms with Crippen LogP contribution in [0, 0.1) is 5.92 Å². The number of nitrogens with zero attached hydrogens (tertiary/aromatic N) is 2. The van der Waals surface area contributed by atoms with Crippen LogP contribution in [-0.2, 0) is 11.3 Å². The molecule has 5 nitrogen and oxygen atoms in total. The zero-order chi connectivity index (χ0) is 19.5. The number of hydrogen-bond acceptors (Lipinski definition) is 3. The standard InChI is InChI=1S/C22H24ClN3O2/c23-19-7-1-16(2-8-19)15-24-21(27)17-5-9-20(10-6-17)25-11-13-26(14-12-25)22(28)18-3-4-18/h1-2,5-10,18H,3-4,11-15H2,(H,24,27). The largest absolute Gasteiger partial charge is 0.368 e. The summed E-state index contributed by atoms with van der Waals surface area (Å²) in [6, 6.07) is 15.1. The minimum absolute atomic E-state index is 0.0960. The molecule has 2 fully saturated rings. The monoisotopic (exact) mass is 397 g/mol. The van der Waals surface area contributed by atoms with Crippen LogP contribution in [0.15, 0.2) is 48.5 Å². The van der Waals surface area contributed by atoms with Gasteiger partial charge in [-0.3, -0.25) is 9.59 Å². The number of carbonyl (C=O) groups excluding carboxylic acids is 2. The molecule has 0 radical (unpaired) electrons. The van der Waals surface area contributed by atoms with E-state index in [1.165, 1.54) is 0 Å². The number of hydrogen-bond donors (Lipinski definition) is 1. The number of benzene rings is 2. The fourth-order valence-electron chi connectivity index (χ4n) is 3.48. The van der Waals surface area contributed by atoms with Crippen molar-refractivity contribution in [1.82, 2.24) is 10.2 Å². The van der Waals surface area contributed by atoms with E-state index in [1.54, 1.807) is 0 Å². The fourth-order valence-corrected chi connectivity index (χ4v) is 3.61. The minimum Gasteiger partial charge on any atom is -0.368 e. The van der Waals surface area contributed by atoms with Crippen LogP contribution in [0.1, 0.15) is 28.8 Å². The average molecular weight is 398 g/mol. The topological polar surface area (TPSA) is 52.7 Å². The van der Waals surface area contributed by atoms with Crippen LogP contribution < -0.4 is 10.2 Å². The van der Waals surface area contributed by atoms with E-state index in [9.17, 15) is 9.59 Å². The Labute approximate surface area is 170 Å². The Morgan fingerprint density at radius 3 is 2.18 bits per heavy atom. The highest BCUT2D eigenvalue weighted by Gasteiger charge is 2.34. The van der Waals surface area contributed by atoms with Crippen LogP contribution >= 0.6 is 11.6 Å². The summed E-state index contributed by atoms with van der Waals surface area (Å²) in [5, 5.41) is 3.61. The number of amides is 2. The van der Waals surface area contributed by atoms with Gasteiger partial charge in [0.15, 0.2) is 0 Å². The van der Waals surface area contributed by atoms with Crippen molar-refractivity contribution in [2.45, 2.75) is 19.4 Å². The van der Waals surface area contributed by atoms with E-state index in [0.717, 1.165) is 50.3 Å². The molecule has 1 heterocycles. The molecule has 1 saturated heterocycles. The highest BCUT2D eigenvalue weighted by Crippen LogP contribution is 2.31. The number of nitrogens with one attached hydrogen (secondary N) is 1. The van der Waals surface area contributed by atoms with Crippen molar-refractivity contribution < 1.29 is 9.59 Å². The van der Waals surface area contributed by atoms with E-state index < -0.39 is 0 Å². The van der Waals surface area contributed by atoms with Crippen molar-refractivity contribution >= 4 is 29.1 Å². The van der Waals surface area contributed by atoms with E-state index in [-0.39, 0.29) is 11.8 Å². The highest BCUT2D eigenvalue weighted by molar-refractivity contribution is 6.30. The number of anilines is 1. The summed E-state index contributed by atoms with van der Waals surface area (Å²) in [6.45, 7) is 3.69. The molecule has 1 aliphatic heterocycles. The summed E-state index contributed by atoms with van der Waals surface area (Å²) in [7, 11) is 0. The molecule has 0 unspecified atom stereocenters. The maximum Gasteiger partial charge on any atom is 0.251 e. The SMILES string of the molecule is O=C(NCc1ccc(Cl)cc1)c1ccc(N2CCN(C(=O)C3CC3)CC2)cc1. The molecule has 2 amide bonds. The normalized spacial score (nSPS) is 16.8. The molecule has 0 spiro atoms. The van der Waals surface area contributed by atoms with Gasteiger partial charge in [-0.05, 0) is 54.8 Å². The van der Waals surface area contributed by atoms with Gasteiger partial charge in [0.25, 0.3) is 5.91 Å². The second-order valence-electron chi connectivity index (χ2n) is 7.44. The fraction of sp³-hybridized carbons (Fsp3) is 0.364. The predicted molar refractivity (Wildman–Crippen MR) is 111 cm³/mol. The second kappa shape index (κ2) is 8.23. The van der Waals surface area contributed by atoms with E-state index in [4.69, 9.17) is 11.6 Å². The lowest BCUT2D eigenvalue weighted by Gasteiger charge is -2.36.